The minimum absolute atomic E-state index is 0.176. The lowest BCUT2D eigenvalue weighted by Gasteiger charge is -2.33. The first-order valence-electron chi connectivity index (χ1n) is 8.57. The van der Waals surface area contributed by atoms with Crippen LogP contribution in [0.4, 0.5) is 0 Å². The lowest BCUT2D eigenvalue weighted by Crippen LogP contribution is -2.28. The number of hydrogen-bond donors (Lipinski definition) is 0. The van der Waals surface area contributed by atoms with Gasteiger partial charge in [-0.3, -0.25) is 4.57 Å². The van der Waals surface area contributed by atoms with Gasteiger partial charge in [0.05, 0.1) is 11.7 Å². The van der Waals surface area contributed by atoms with Crippen molar-refractivity contribution in [2.75, 3.05) is 14.2 Å². The molecule has 2 rings (SSSR count). The number of benzene rings is 2. The molecule has 0 saturated carbocycles. The summed E-state index contributed by atoms with van der Waals surface area (Å²) < 4.78 is 24.5. The molecule has 0 N–H and O–H groups in total. The molecule has 0 heterocycles. The number of rotatable bonds is 8. The van der Waals surface area contributed by atoms with Gasteiger partial charge >= 0.3 is 7.60 Å². The van der Waals surface area contributed by atoms with Crippen LogP contribution in [0.2, 0.25) is 0 Å². The van der Waals surface area contributed by atoms with E-state index in [1.807, 2.05) is 88.5 Å². The molecule has 0 aliphatic carbocycles. The highest BCUT2D eigenvalue weighted by Crippen LogP contribution is 2.56. The van der Waals surface area contributed by atoms with Gasteiger partial charge in [-0.15, -0.1) is 0 Å². The minimum atomic E-state index is -3.27. The molecule has 2 aromatic carbocycles. The molecule has 0 amide bonds. The minimum Gasteiger partial charge on any atom is -0.311 e. The molecule has 0 aliphatic heterocycles. The zero-order valence-corrected chi connectivity index (χ0v) is 16.5. The van der Waals surface area contributed by atoms with Gasteiger partial charge in [-0.2, -0.15) is 5.06 Å². The van der Waals surface area contributed by atoms with Crippen molar-refractivity contribution in [2.24, 2.45) is 5.92 Å². The van der Waals surface area contributed by atoms with Crippen LogP contribution in [0.15, 0.2) is 60.7 Å². The molecule has 136 valence electrons. The molecule has 4 nitrogen and oxygen atoms in total. The summed E-state index contributed by atoms with van der Waals surface area (Å²) in [5.41, 5.74) is 1.93. The van der Waals surface area contributed by atoms with E-state index in [9.17, 15) is 4.57 Å². The molecule has 0 radical (unpaired) electrons. The Bertz CT molecular complexity index is 651. The standard InChI is InChI=1S/C20H28NO3P/c1-16(2)17(3)25(22,23-5)24-21(4)20(18-12-8-6-9-13-18)19-14-10-7-11-15-19/h6-17,20H,1-5H3/t17-,25?/m1/s1. The van der Waals surface area contributed by atoms with Gasteiger partial charge in [0.2, 0.25) is 0 Å². The average Bonchev–Trinajstić information content (AvgIpc) is 2.62. The van der Waals surface area contributed by atoms with Crippen LogP contribution in [-0.4, -0.2) is 24.9 Å². The lowest BCUT2D eigenvalue weighted by atomic mass is 9.99. The average molecular weight is 361 g/mol. The molecule has 0 saturated heterocycles. The summed E-state index contributed by atoms with van der Waals surface area (Å²) in [5, 5.41) is 1.66. The van der Waals surface area contributed by atoms with Gasteiger partial charge < -0.3 is 4.52 Å². The fourth-order valence-electron chi connectivity index (χ4n) is 2.75. The van der Waals surface area contributed by atoms with Gasteiger partial charge in [0, 0.05) is 14.2 Å². The zero-order chi connectivity index (χ0) is 18.4. The summed E-state index contributed by atoms with van der Waals surface area (Å²) >= 11 is 0. The van der Waals surface area contributed by atoms with Gasteiger partial charge in [0.15, 0.2) is 0 Å². The number of hydroxylamine groups is 2. The lowest BCUT2D eigenvalue weighted by molar-refractivity contribution is -0.0726. The predicted molar refractivity (Wildman–Crippen MR) is 102 cm³/mol. The Labute approximate surface area is 151 Å². The van der Waals surface area contributed by atoms with Crippen LogP contribution < -0.4 is 0 Å². The van der Waals surface area contributed by atoms with Crippen molar-refractivity contribution in [2.45, 2.75) is 32.5 Å². The molecular formula is C20H28NO3P. The van der Waals surface area contributed by atoms with E-state index >= 15 is 0 Å². The Morgan fingerprint density at radius 3 is 1.68 bits per heavy atom. The maximum atomic E-state index is 13.2. The first-order valence-corrected chi connectivity index (χ1v) is 10.2. The Hall–Kier alpha value is -1.45. The molecule has 25 heavy (non-hydrogen) atoms. The number of nitrogens with zero attached hydrogens (tertiary/aromatic N) is 1. The predicted octanol–water partition coefficient (Wildman–Crippen LogP) is 5.52. The quantitative estimate of drug-likeness (QED) is 0.458. The highest BCUT2D eigenvalue weighted by molar-refractivity contribution is 7.54. The van der Waals surface area contributed by atoms with E-state index in [2.05, 4.69) is 0 Å². The van der Waals surface area contributed by atoms with Crippen molar-refractivity contribution in [3.8, 4) is 0 Å². The second-order valence-corrected chi connectivity index (χ2v) is 8.98. The van der Waals surface area contributed by atoms with Crippen molar-refractivity contribution in [3.63, 3.8) is 0 Å². The molecular weight excluding hydrogens is 333 g/mol. The first kappa shape index (κ1) is 19.9. The van der Waals surface area contributed by atoms with Gasteiger partial charge in [-0.05, 0) is 17.0 Å². The fraction of sp³-hybridized carbons (Fsp3) is 0.400. The summed E-state index contributed by atoms with van der Waals surface area (Å²) in [7, 11) is -0.0116. The Morgan fingerprint density at radius 1 is 0.880 bits per heavy atom. The molecule has 2 aromatic rings. The van der Waals surface area contributed by atoms with Crippen molar-refractivity contribution < 1.29 is 13.7 Å². The van der Waals surface area contributed by atoms with E-state index in [-0.39, 0.29) is 17.6 Å². The van der Waals surface area contributed by atoms with Crippen LogP contribution >= 0.6 is 7.60 Å². The Kier molecular flexibility index (Phi) is 6.97. The van der Waals surface area contributed by atoms with Crippen LogP contribution in [0.5, 0.6) is 0 Å². The molecule has 2 atom stereocenters. The normalized spacial score (nSPS) is 15.5. The van der Waals surface area contributed by atoms with E-state index in [1.54, 1.807) is 5.06 Å². The molecule has 0 spiro atoms. The first-order chi connectivity index (χ1) is 11.9. The highest BCUT2D eigenvalue weighted by Gasteiger charge is 2.37. The second kappa shape index (κ2) is 8.77. The molecule has 0 aromatic heterocycles. The third-order valence-corrected chi connectivity index (χ3v) is 7.14. The van der Waals surface area contributed by atoms with Crippen LogP contribution in [0, 0.1) is 5.92 Å². The molecule has 5 heteroatoms. The van der Waals surface area contributed by atoms with Crippen LogP contribution in [-0.2, 0) is 13.7 Å². The molecule has 0 aliphatic rings. The van der Waals surface area contributed by atoms with Crippen LogP contribution in [0.25, 0.3) is 0 Å². The fourth-order valence-corrected chi connectivity index (χ4v) is 4.48. The van der Waals surface area contributed by atoms with Crippen LogP contribution in [0.3, 0.4) is 0 Å². The molecule has 0 bridgehead atoms. The zero-order valence-electron chi connectivity index (χ0n) is 15.6. The van der Waals surface area contributed by atoms with E-state index in [0.29, 0.717) is 0 Å². The van der Waals surface area contributed by atoms with E-state index in [4.69, 9.17) is 9.15 Å². The van der Waals surface area contributed by atoms with Crippen molar-refractivity contribution in [1.82, 2.24) is 5.06 Å². The third-order valence-electron chi connectivity index (χ3n) is 4.55. The summed E-state index contributed by atoms with van der Waals surface area (Å²) in [6.07, 6.45) is 0. The highest BCUT2D eigenvalue weighted by atomic mass is 31.2. The van der Waals surface area contributed by atoms with E-state index in [0.717, 1.165) is 11.1 Å². The molecule has 0 fully saturated rings. The van der Waals surface area contributed by atoms with E-state index < -0.39 is 7.60 Å². The van der Waals surface area contributed by atoms with Gasteiger partial charge in [0.25, 0.3) is 0 Å². The summed E-state index contributed by atoms with van der Waals surface area (Å²) in [4.78, 5) is 0. The number of hydrogen-bond acceptors (Lipinski definition) is 4. The third kappa shape index (κ3) is 4.80. The SMILES string of the molecule is COP(=O)(ON(C)C(c1ccccc1)c1ccccc1)[C@H](C)C(C)C. The Balaban J connectivity index is 2.36. The maximum Gasteiger partial charge on any atom is 0.349 e. The monoisotopic (exact) mass is 361 g/mol. The second-order valence-electron chi connectivity index (χ2n) is 6.56. The van der Waals surface area contributed by atoms with Crippen molar-refractivity contribution >= 4 is 7.60 Å². The summed E-state index contributed by atoms with van der Waals surface area (Å²) in [6.45, 7) is 5.94. The van der Waals surface area contributed by atoms with Crippen molar-refractivity contribution in [3.05, 3.63) is 71.8 Å². The largest absolute Gasteiger partial charge is 0.349 e. The van der Waals surface area contributed by atoms with Gasteiger partial charge in [-0.25, -0.2) is 4.62 Å². The maximum absolute atomic E-state index is 13.2. The Morgan fingerprint density at radius 2 is 1.32 bits per heavy atom. The summed E-state index contributed by atoms with van der Waals surface area (Å²) in [6, 6.07) is 19.9. The topological polar surface area (TPSA) is 38.8 Å². The van der Waals surface area contributed by atoms with Crippen molar-refractivity contribution in [1.29, 1.82) is 0 Å². The summed E-state index contributed by atoms with van der Waals surface area (Å²) in [5.74, 6) is 0.186. The smallest absolute Gasteiger partial charge is 0.311 e. The van der Waals surface area contributed by atoms with Gasteiger partial charge in [-0.1, -0.05) is 81.4 Å². The van der Waals surface area contributed by atoms with Crippen LogP contribution in [0.1, 0.15) is 37.9 Å². The van der Waals surface area contributed by atoms with E-state index in [1.165, 1.54) is 7.11 Å². The molecule has 1 unspecified atom stereocenters. The van der Waals surface area contributed by atoms with Gasteiger partial charge in [0.1, 0.15) is 0 Å².